The van der Waals surface area contributed by atoms with Crippen LogP contribution in [-0.4, -0.2) is 43.6 Å². The fraction of sp³-hybridized carbons (Fsp3) is 0.273. The molecule has 4 N–H and O–H groups in total. The third kappa shape index (κ3) is 7.42. The lowest BCUT2D eigenvalue weighted by Gasteiger charge is -2.13. The van der Waals surface area contributed by atoms with E-state index < -0.39 is 0 Å². The van der Waals surface area contributed by atoms with Crippen LogP contribution in [0.25, 0.3) is 10.9 Å². The number of hydrogen-bond acceptors (Lipinski definition) is 3. The van der Waals surface area contributed by atoms with Gasteiger partial charge in [0.15, 0.2) is 5.96 Å². The van der Waals surface area contributed by atoms with Gasteiger partial charge in [0.05, 0.1) is 6.54 Å². The molecule has 0 bridgehead atoms. The van der Waals surface area contributed by atoms with Crippen molar-refractivity contribution >= 4 is 52.4 Å². The Hall–Kier alpha value is -2.82. The normalized spacial score (nSPS) is 11.0. The molecule has 9 heteroatoms. The second-order valence-corrected chi connectivity index (χ2v) is 6.74. The number of carbonyl (C=O) groups is 1. The van der Waals surface area contributed by atoms with Crippen molar-refractivity contribution in [2.45, 2.75) is 13.3 Å². The van der Waals surface area contributed by atoms with Crippen molar-refractivity contribution in [3.63, 3.8) is 0 Å². The van der Waals surface area contributed by atoms with Crippen LogP contribution >= 0.6 is 24.0 Å². The average Bonchev–Trinajstić information content (AvgIpc) is 3.11. The zero-order chi connectivity index (χ0) is 21.3. The first kappa shape index (κ1) is 24.4. The Morgan fingerprint density at radius 1 is 1.16 bits per heavy atom. The third-order valence-corrected chi connectivity index (χ3v) is 4.46. The Bertz CT molecular complexity index is 1040. The molecule has 3 rings (SSSR count). The highest BCUT2D eigenvalue weighted by Gasteiger charge is 2.05. The number of benzene rings is 2. The number of aromatic amines is 1. The smallest absolute Gasteiger partial charge is 0.221 e. The number of hydrogen-bond donors (Lipinski definition) is 4. The van der Waals surface area contributed by atoms with E-state index in [1.807, 2.05) is 24.4 Å². The molecule has 0 atom stereocenters. The zero-order valence-corrected chi connectivity index (χ0v) is 19.8. The number of carbonyl (C=O) groups excluding carboxylic acids is 1. The van der Waals surface area contributed by atoms with Crippen LogP contribution in [0.15, 0.2) is 53.7 Å². The van der Waals surface area contributed by atoms with Crippen molar-refractivity contribution in [1.29, 1.82) is 0 Å². The van der Waals surface area contributed by atoms with Gasteiger partial charge in [-0.15, -0.1) is 24.0 Å². The number of ether oxygens (including phenoxy) is 1. The molecule has 0 saturated carbocycles. The van der Waals surface area contributed by atoms with Gasteiger partial charge in [-0.05, 0) is 42.3 Å². The second kappa shape index (κ2) is 12.1. The van der Waals surface area contributed by atoms with Gasteiger partial charge in [-0.3, -0.25) is 9.79 Å². The minimum Gasteiger partial charge on any atom is -0.492 e. The van der Waals surface area contributed by atoms with Gasteiger partial charge in [-0.2, -0.15) is 0 Å². The number of H-pyrrole nitrogens is 1. The number of nitrogens with zero attached hydrogens (tertiary/aromatic N) is 1. The monoisotopic (exact) mass is 539 g/mol. The third-order valence-electron chi connectivity index (χ3n) is 4.46. The molecule has 1 heterocycles. The molecule has 0 unspecified atom stereocenters. The summed E-state index contributed by atoms with van der Waals surface area (Å²) >= 11 is 0. The van der Waals surface area contributed by atoms with E-state index in [0.717, 1.165) is 22.9 Å². The standard InChI is InChI=1S/C22H26FN5O2.HI/c1-15(29)28-18-4-3-5-19(13-18)30-11-10-26-22(24-2)25-9-8-16-14-27-21-12-17(23)6-7-20(16)21;/h3-7,12-14,27H,8-11H2,1-2H3,(H,28,29)(H2,24,25,26);1H. The summed E-state index contributed by atoms with van der Waals surface area (Å²) in [7, 11) is 1.71. The van der Waals surface area contributed by atoms with E-state index in [1.165, 1.54) is 19.1 Å². The molecule has 0 spiro atoms. The van der Waals surface area contributed by atoms with E-state index in [2.05, 4.69) is 25.9 Å². The SMILES string of the molecule is CN=C(NCCOc1cccc(NC(C)=O)c1)NCCc1c[nH]c2cc(F)ccc12.I. The highest BCUT2D eigenvalue weighted by Crippen LogP contribution is 2.19. The predicted octanol–water partition coefficient (Wildman–Crippen LogP) is 3.67. The van der Waals surface area contributed by atoms with Crippen LogP contribution in [0.5, 0.6) is 5.75 Å². The lowest BCUT2D eigenvalue weighted by Crippen LogP contribution is -2.40. The van der Waals surface area contributed by atoms with E-state index in [9.17, 15) is 9.18 Å². The van der Waals surface area contributed by atoms with Crippen LogP contribution < -0.4 is 20.7 Å². The highest BCUT2D eigenvalue weighted by molar-refractivity contribution is 14.0. The molecule has 166 valence electrons. The minimum absolute atomic E-state index is 0. The Morgan fingerprint density at radius 3 is 2.74 bits per heavy atom. The molecule has 3 aromatic rings. The van der Waals surface area contributed by atoms with E-state index in [0.29, 0.717) is 37.1 Å². The summed E-state index contributed by atoms with van der Waals surface area (Å²) in [6, 6.07) is 12.0. The topological polar surface area (TPSA) is 90.5 Å². The van der Waals surface area contributed by atoms with Crippen molar-refractivity contribution in [2.24, 2.45) is 4.99 Å². The van der Waals surface area contributed by atoms with Crippen LogP contribution in [0.1, 0.15) is 12.5 Å². The van der Waals surface area contributed by atoms with Crippen molar-refractivity contribution in [3.05, 3.63) is 60.0 Å². The molecule has 0 aliphatic rings. The summed E-state index contributed by atoms with van der Waals surface area (Å²) in [5, 5.41) is 10.2. The van der Waals surface area contributed by atoms with Crippen LogP contribution in [0.2, 0.25) is 0 Å². The summed E-state index contributed by atoms with van der Waals surface area (Å²) in [6.45, 7) is 3.16. The molecule has 0 aliphatic heterocycles. The molecular formula is C22H27FIN5O2. The quantitative estimate of drug-likeness (QED) is 0.152. The number of aromatic nitrogens is 1. The molecule has 7 nitrogen and oxygen atoms in total. The van der Waals surface area contributed by atoms with Gasteiger partial charge in [0.2, 0.25) is 5.91 Å². The predicted molar refractivity (Wildman–Crippen MR) is 133 cm³/mol. The molecule has 1 amide bonds. The summed E-state index contributed by atoms with van der Waals surface area (Å²) in [4.78, 5) is 18.4. The second-order valence-electron chi connectivity index (χ2n) is 6.74. The largest absolute Gasteiger partial charge is 0.492 e. The summed E-state index contributed by atoms with van der Waals surface area (Å²) in [5.74, 6) is 0.990. The maximum Gasteiger partial charge on any atom is 0.221 e. The zero-order valence-electron chi connectivity index (χ0n) is 17.5. The van der Waals surface area contributed by atoms with Gasteiger partial charge in [0.25, 0.3) is 0 Å². The molecular weight excluding hydrogens is 512 g/mol. The summed E-state index contributed by atoms with van der Waals surface area (Å²) in [5.41, 5.74) is 2.62. The first-order chi connectivity index (χ1) is 14.5. The lowest BCUT2D eigenvalue weighted by molar-refractivity contribution is -0.114. The lowest BCUT2D eigenvalue weighted by atomic mass is 10.1. The minimum atomic E-state index is -0.248. The molecule has 31 heavy (non-hydrogen) atoms. The van der Waals surface area contributed by atoms with Gasteiger partial charge in [0.1, 0.15) is 18.2 Å². The molecule has 0 saturated heterocycles. The number of aliphatic imine (C=N–C) groups is 1. The number of guanidine groups is 1. The first-order valence-electron chi connectivity index (χ1n) is 9.75. The number of halogens is 2. The van der Waals surface area contributed by atoms with Gasteiger partial charge in [-0.25, -0.2) is 4.39 Å². The molecule has 1 aromatic heterocycles. The number of rotatable bonds is 8. The fourth-order valence-corrected chi connectivity index (χ4v) is 3.11. The summed E-state index contributed by atoms with van der Waals surface area (Å²) < 4.78 is 19.0. The summed E-state index contributed by atoms with van der Waals surface area (Å²) in [6.07, 6.45) is 2.68. The number of amides is 1. The van der Waals surface area contributed by atoms with Crippen LogP contribution in [0.3, 0.4) is 0 Å². The van der Waals surface area contributed by atoms with Crippen molar-refractivity contribution in [1.82, 2.24) is 15.6 Å². The Morgan fingerprint density at radius 2 is 1.97 bits per heavy atom. The first-order valence-corrected chi connectivity index (χ1v) is 9.75. The maximum absolute atomic E-state index is 13.3. The highest BCUT2D eigenvalue weighted by atomic mass is 127. The number of nitrogens with one attached hydrogen (secondary N) is 4. The Balaban J connectivity index is 0.00000341. The van der Waals surface area contributed by atoms with Crippen LogP contribution in [0, 0.1) is 5.82 Å². The van der Waals surface area contributed by atoms with Crippen LogP contribution in [0.4, 0.5) is 10.1 Å². The van der Waals surface area contributed by atoms with Gasteiger partial charge >= 0.3 is 0 Å². The van der Waals surface area contributed by atoms with Crippen LogP contribution in [-0.2, 0) is 11.2 Å². The fourth-order valence-electron chi connectivity index (χ4n) is 3.11. The molecule has 0 radical (unpaired) electrons. The van der Waals surface area contributed by atoms with E-state index >= 15 is 0 Å². The Labute approximate surface area is 197 Å². The van der Waals surface area contributed by atoms with E-state index in [4.69, 9.17) is 4.74 Å². The van der Waals surface area contributed by atoms with Crippen molar-refractivity contribution < 1.29 is 13.9 Å². The molecule has 0 fully saturated rings. The van der Waals surface area contributed by atoms with E-state index in [1.54, 1.807) is 19.2 Å². The molecule has 0 aliphatic carbocycles. The number of anilines is 1. The van der Waals surface area contributed by atoms with Gasteiger partial charge < -0.3 is 25.7 Å². The molecule has 2 aromatic carbocycles. The van der Waals surface area contributed by atoms with Crippen molar-refractivity contribution in [2.75, 3.05) is 32.1 Å². The van der Waals surface area contributed by atoms with Gasteiger partial charge in [0, 0.05) is 49.4 Å². The Kier molecular flexibility index (Phi) is 9.57. The average molecular weight is 539 g/mol. The maximum atomic E-state index is 13.3. The van der Waals surface area contributed by atoms with Crippen molar-refractivity contribution in [3.8, 4) is 5.75 Å². The van der Waals surface area contributed by atoms with E-state index in [-0.39, 0.29) is 35.7 Å². The number of fused-ring (bicyclic) bond motifs is 1. The van der Waals surface area contributed by atoms with Gasteiger partial charge in [-0.1, -0.05) is 6.07 Å².